The number of hydrogen-bond acceptors (Lipinski definition) is 5. The summed E-state index contributed by atoms with van der Waals surface area (Å²) in [6.07, 6.45) is 3.23. The van der Waals surface area contributed by atoms with Crippen molar-refractivity contribution in [3.05, 3.63) is 78.1 Å². The molecular formula is C21H23N2O5+. The van der Waals surface area contributed by atoms with Crippen LogP contribution in [0.2, 0.25) is 0 Å². The number of nitrogens with one attached hydrogen (secondary N) is 2. The zero-order valence-corrected chi connectivity index (χ0v) is 15.6. The molecule has 0 atom stereocenters. The van der Waals surface area contributed by atoms with E-state index in [9.17, 15) is 9.59 Å². The topological polar surface area (TPSA) is 86.1 Å². The van der Waals surface area contributed by atoms with Crippen LogP contribution in [0.15, 0.2) is 69.9 Å². The summed E-state index contributed by atoms with van der Waals surface area (Å²) in [5.74, 6) is 1.08. The average molecular weight is 383 g/mol. The smallest absolute Gasteiger partial charge is 0.338 e. The van der Waals surface area contributed by atoms with Crippen molar-refractivity contribution in [3.8, 4) is 0 Å². The van der Waals surface area contributed by atoms with E-state index in [2.05, 4.69) is 5.32 Å². The van der Waals surface area contributed by atoms with Crippen LogP contribution < -0.4 is 10.2 Å². The summed E-state index contributed by atoms with van der Waals surface area (Å²) in [4.78, 5) is 25.2. The van der Waals surface area contributed by atoms with Gasteiger partial charge >= 0.3 is 5.97 Å². The molecule has 3 aromatic rings. The molecule has 1 amide bonds. The highest BCUT2D eigenvalue weighted by Crippen LogP contribution is 2.10. The van der Waals surface area contributed by atoms with Gasteiger partial charge in [0.1, 0.15) is 13.1 Å². The molecule has 146 valence electrons. The van der Waals surface area contributed by atoms with Gasteiger partial charge in [0, 0.05) is 5.69 Å². The predicted octanol–water partition coefficient (Wildman–Crippen LogP) is 2.27. The van der Waals surface area contributed by atoms with Crippen molar-refractivity contribution in [2.24, 2.45) is 0 Å². The lowest BCUT2D eigenvalue weighted by molar-refractivity contribution is -0.921. The number of rotatable bonds is 9. The molecule has 0 spiro atoms. The van der Waals surface area contributed by atoms with Crippen molar-refractivity contribution >= 4 is 17.6 Å². The highest BCUT2D eigenvalue weighted by atomic mass is 16.5. The molecule has 3 rings (SSSR count). The van der Waals surface area contributed by atoms with Gasteiger partial charge in [0.2, 0.25) is 0 Å². The van der Waals surface area contributed by atoms with Gasteiger partial charge < -0.3 is 23.8 Å². The van der Waals surface area contributed by atoms with E-state index in [-0.39, 0.29) is 18.4 Å². The van der Waals surface area contributed by atoms with Gasteiger partial charge in [-0.3, -0.25) is 4.79 Å². The van der Waals surface area contributed by atoms with E-state index in [0.717, 1.165) is 16.4 Å². The molecule has 28 heavy (non-hydrogen) atoms. The Balaban J connectivity index is 1.60. The average Bonchev–Trinajstić information content (AvgIpc) is 3.36. The molecule has 2 N–H and O–H groups in total. The van der Waals surface area contributed by atoms with E-state index < -0.39 is 0 Å². The van der Waals surface area contributed by atoms with Gasteiger partial charge in [-0.05, 0) is 55.5 Å². The van der Waals surface area contributed by atoms with Crippen LogP contribution in [0.5, 0.6) is 0 Å². The lowest BCUT2D eigenvalue weighted by Crippen LogP contribution is -3.10. The standard InChI is InChI=1S/C21H22N2O5/c1-2-26-21(25)16-7-9-17(10-8-16)22-20(24)15-23(13-18-5-3-11-27-18)14-19-6-4-12-28-19/h3-12H,2,13-15H2,1H3,(H,22,24)/p+1. The fourth-order valence-electron chi connectivity index (χ4n) is 2.84. The van der Waals surface area contributed by atoms with E-state index in [1.54, 1.807) is 43.7 Å². The number of hydrogen-bond donors (Lipinski definition) is 2. The number of quaternary nitrogens is 1. The van der Waals surface area contributed by atoms with Crippen LogP contribution >= 0.6 is 0 Å². The predicted molar refractivity (Wildman–Crippen MR) is 102 cm³/mol. The van der Waals surface area contributed by atoms with Gasteiger partial charge in [-0.25, -0.2) is 4.79 Å². The second-order valence-corrected chi connectivity index (χ2v) is 6.29. The number of carbonyl (C=O) groups excluding carboxylic acids is 2. The number of esters is 1. The minimum atomic E-state index is -0.382. The molecule has 7 nitrogen and oxygen atoms in total. The molecule has 0 saturated carbocycles. The molecule has 0 saturated heterocycles. The maximum Gasteiger partial charge on any atom is 0.338 e. The van der Waals surface area contributed by atoms with Crippen LogP contribution in [0.3, 0.4) is 0 Å². The molecule has 2 aromatic heterocycles. The summed E-state index contributed by atoms with van der Waals surface area (Å²) < 4.78 is 15.8. The van der Waals surface area contributed by atoms with Crippen LogP contribution in [0, 0.1) is 0 Å². The molecule has 2 heterocycles. The quantitative estimate of drug-likeness (QED) is 0.554. The Kier molecular flexibility index (Phi) is 6.64. The summed E-state index contributed by atoms with van der Waals surface area (Å²) in [5.41, 5.74) is 1.07. The summed E-state index contributed by atoms with van der Waals surface area (Å²) >= 11 is 0. The molecular weight excluding hydrogens is 360 g/mol. The van der Waals surface area contributed by atoms with Crippen LogP contribution in [0.25, 0.3) is 0 Å². The Labute approximate surface area is 162 Å². The van der Waals surface area contributed by atoms with Crippen LogP contribution in [-0.4, -0.2) is 25.0 Å². The second kappa shape index (κ2) is 9.57. The zero-order valence-electron chi connectivity index (χ0n) is 15.6. The first-order chi connectivity index (χ1) is 13.6. The lowest BCUT2D eigenvalue weighted by atomic mass is 10.2. The molecule has 0 bridgehead atoms. The summed E-state index contributed by atoms with van der Waals surface area (Å²) in [7, 11) is 0. The first-order valence-corrected chi connectivity index (χ1v) is 9.09. The number of furan rings is 2. The molecule has 0 unspecified atom stereocenters. The van der Waals surface area contributed by atoms with Crippen molar-refractivity contribution in [1.29, 1.82) is 0 Å². The largest absolute Gasteiger partial charge is 0.463 e. The third-order valence-corrected chi connectivity index (χ3v) is 4.10. The fraction of sp³-hybridized carbons (Fsp3) is 0.238. The van der Waals surface area contributed by atoms with Gasteiger partial charge in [-0.15, -0.1) is 0 Å². The summed E-state index contributed by atoms with van der Waals surface area (Å²) in [6.45, 7) is 3.43. The third kappa shape index (κ3) is 5.59. The van der Waals surface area contributed by atoms with Crippen molar-refractivity contribution in [2.75, 3.05) is 18.5 Å². The summed E-state index contributed by atoms with van der Waals surface area (Å²) in [5, 5.41) is 2.86. The molecule has 1 aromatic carbocycles. The zero-order chi connectivity index (χ0) is 19.8. The number of ether oxygens (including phenoxy) is 1. The maximum atomic E-state index is 12.5. The van der Waals surface area contributed by atoms with Gasteiger partial charge in [0.05, 0.1) is 24.7 Å². The van der Waals surface area contributed by atoms with E-state index in [1.165, 1.54) is 0 Å². The SMILES string of the molecule is CCOC(=O)c1ccc(NC(=O)C[NH+](Cc2ccco2)Cc2ccco2)cc1. The second-order valence-electron chi connectivity index (χ2n) is 6.29. The Morgan fingerprint density at radius 2 is 1.57 bits per heavy atom. The van der Waals surface area contributed by atoms with E-state index >= 15 is 0 Å². The third-order valence-electron chi connectivity index (χ3n) is 4.10. The minimum Gasteiger partial charge on any atom is -0.463 e. The number of benzene rings is 1. The number of carbonyl (C=O) groups is 2. The van der Waals surface area contributed by atoms with E-state index in [1.807, 2.05) is 24.3 Å². The first kappa shape index (κ1) is 19.4. The van der Waals surface area contributed by atoms with Crippen LogP contribution in [0.4, 0.5) is 5.69 Å². The van der Waals surface area contributed by atoms with Crippen molar-refractivity contribution < 1.29 is 28.1 Å². The number of amides is 1. The Hall–Kier alpha value is -3.32. The van der Waals surface area contributed by atoms with Gasteiger partial charge in [0.15, 0.2) is 18.1 Å². The van der Waals surface area contributed by atoms with Crippen LogP contribution in [0.1, 0.15) is 28.8 Å². The highest BCUT2D eigenvalue weighted by Gasteiger charge is 2.18. The van der Waals surface area contributed by atoms with Gasteiger partial charge in [-0.1, -0.05) is 0 Å². The fourth-order valence-corrected chi connectivity index (χ4v) is 2.84. The molecule has 7 heteroatoms. The molecule has 0 aliphatic heterocycles. The van der Waals surface area contributed by atoms with Crippen LogP contribution in [-0.2, 0) is 22.6 Å². The Morgan fingerprint density at radius 3 is 2.07 bits per heavy atom. The molecule has 0 aliphatic carbocycles. The molecule has 0 radical (unpaired) electrons. The van der Waals surface area contributed by atoms with E-state index in [4.69, 9.17) is 13.6 Å². The maximum absolute atomic E-state index is 12.5. The molecule has 0 aliphatic rings. The molecule has 0 fully saturated rings. The van der Waals surface area contributed by atoms with Crippen molar-refractivity contribution in [2.45, 2.75) is 20.0 Å². The monoisotopic (exact) mass is 383 g/mol. The minimum absolute atomic E-state index is 0.142. The van der Waals surface area contributed by atoms with Gasteiger partial charge in [-0.2, -0.15) is 0 Å². The lowest BCUT2D eigenvalue weighted by Gasteiger charge is -2.17. The highest BCUT2D eigenvalue weighted by molar-refractivity contribution is 5.93. The van der Waals surface area contributed by atoms with Gasteiger partial charge in [0.25, 0.3) is 5.91 Å². The van der Waals surface area contributed by atoms with Crippen molar-refractivity contribution in [1.82, 2.24) is 0 Å². The normalized spacial score (nSPS) is 10.8. The first-order valence-electron chi connectivity index (χ1n) is 9.09. The Morgan fingerprint density at radius 1 is 0.964 bits per heavy atom. The Bertz CT molecular complexity index is 834. The van der Waals surface area contributed by atoms with Crippen molar-refractivity contribution in [3.63, 3.8) is 0 Å². The number of anilines is 1. The van der Waals surface area contributed by atoms with E-state index in [0.29, 0.717) is 30.9 Å². The summed E-state index contributed by atoms with van der Waals surface area (Å²) in [6, 6.07) is 14.0.